The highest BCUT2D eigenvalue weighted by Crippen LogP contribution is 2.29. The molecule has 0 radical (unpaired) electrons. The van der Waals surface area contributed by atoms with Crippen LogP contribution >= 0.6 is 0 Å². The van der Waals surface area contributed by atoms with Gasteiger partial charge < -0.3 is 4.98 Å². The van der Waals surface area contributed by atoms with E-state index in [1.165, 1.54) is 5.39 Å². The van der Waals surface area contributed by atoms with Crippen molar-refractivity contribution in [3.63, 3.8) is 0 Å². The molecule has 0 aliphatic carbocycles. The van der Waals surface area contributed by atoms with Crippen LogP contribution in [0.4, 0.5) is 0 Å². The van der Waals surface area contributed by atoms with E-state index in [1.807, 2.05) is 24.5 Å². The van der Waals surface area contributed by atoms with Crippen molar-refractivity contribution in [1.82, 2.24) is 15.0 Å². The van der Waals surface area contributed by atoms with E-state index >= 15 is 0 Å². The van der Waals surface area contributed by atoms with E-state index in [4.69, 9.17) is 0 Å². The lowest BCUT2D eigenvalue weighted by Crippen LogP contribution is -1.87. The van der Waals surface area contributed by atoms with Crippen molar-refractivity contribution in [2.24, 2.45) is 0 Å². The number of pyridine rings is 2. The third-order valence-electron chi connectivity index (χ3n) is 4.07. The molecule has 1 N–H and O–H groups in total. The average molecular weight is 269 g/mol. The predicted molar refractivity (Wildman–Crippen MR) is 86.4 cm³/mol. The maximum absolute atomic E-state index is 4.52. The highest BCUT2D eigenvalue weighted by Gasteiger charge is 2.07. The standard InChI is InChI=1S/C18H11N3/c1-2-11-3-4-13-10-14-15(21-18(13)17(11)19-8-1)6-5-12-7-9-20-16(12)14/h1-10,21H. The Labute approximate surface area is 120 Å². The topological polar surface area (TPSA) is 41.6 Å². The molecule has 0 saturated heterocycles. The maximum Gasteiger partial charge on any atom is 0.0942 e. The fraction of sp³-hybridized carbons (Fsp3) is 0. The van der Waals surface area contributed by atoms with Crippen LogP contribution in [-0.2, 0) is 0 Å². The quantitative estimate of drug-likeness (QED) is 0.334. The number of aromatic nitrogens is 3. The van der Waals surface area contributed by atoms with Crippen molar-refractivity contribution >= 4 is 43.6 Å². The first-order valence-corrected chi connectivity index (χ1v) is 6.94. The normalized spacial score (nSPS) is 11.8. The van der Waals surface area contributed by atoms with Crippen LogP contribution in [0.1, 0.15) is 0 Å². The van der Waals surface area contributed by atoms with Crippen LogP contribution in [0.25, 0.3) is 43.6 Å². The summed E-state index contributed by atoms with van der Waals surface area (Å²) in [7, 11) is 0. The van der Waals surface area contributed by atoms with Gasteiger partial charge in [-0.05, 0) is 24.3 Å². The number of rotatable bonds is 0. The summed E-state index contributed by atoms with van der Waals surface area (Å²) in [5.41, 5.74) is 4.22. The molecule has 0 unspecified atom stereocenters. The second-order valence-corrected chi connectivity index (χ2v) is 5.28. The SMILES string of the molecule is c1cnc2c(c1)ccc1cc3c(ccc4ccnc43)[nH]c12. The lowest BCUT2D eigenvalue weighted by atomic mass is 10.1. The first-order chi connectivity index (χ1) is 10.4. The first-order valence-electron chi connectivity index (χ1n) is 6.94. The molecule has 21 heavy (non-hydrogen) atoms. The van der Waals surface area contributed by atoms with E-state index in [2.05, 4.69) is 51.4 Å². The monoisotopic (exact) mass is 269 g/mol. The van der Waals surface area contributed by atoms with Gasteiger partial charge in [-0.3, -0.25) is 9.97 Å². The molecule has 0 bridgehead atoms. The van der Waals surface area contributed by atoms with Crippen LogP contribution in [0, 0.1) is 0 Å². The molecule has 0 aliphatic heterocycles. The van der Waals surface area contributed by atoms with Gasteiger partial charge in [-0.1, -0.05) is 24.3 Å². The largest absolute Gasteiger partial charge is 0.353 e. The van der Waals surface area contributed by atoms with Crippen molar-refractivity contribution in [2.45, 2.75) is 0 Å². The van der Waals surface area contributed by atoms with Gasteiger partial charge in [-0.2, -0.15) is 0 Å². The summed E-state index contributed by atoms with van der Waals surface area (Å²) in [5.74, 6) is 0. The fourth-order valence-corrected chi connectivity index (χ4v) is 3.05. The number of nitrogens with zero attached hydrogens (tertiary/aromatic N) is 2. The molecule has 5 rings (SSSR count). The molecule has 0 spiro atoms. The average Bonchev–Trinajstić information content (AvgIpc) is 3.02. The maximum atomic E-state index is 4.52. The van der Waals surface area contributed by atoms with Gasteiger partial charge in [0.1, 0.15) is 0 Å². The summed E-state index contributed by atoms with van der Waals surface area (Å²) >= 11 is 0. The molecule has 3 heterocycles. The molecule has 0 atom stereocenters. The van der Waals surface area contributed by atoms with E-state index in [0.717, 1.165) is 38.2 Å². The molecule has 3 nitrogen and oxygen atoms in total. The van der Waals surface area contributed by atoms with Crippen LogP contribution in [0.3, 0.4) is 0 Å². The molecular formula is C18H11N3. The molecule has 2 aromatic carbocycles. The van der Waals surface area contributed by atoms with Gasteiger partial charge in [-0.25, -0.2) is 0 Å². The van der Waals surface area contributed by atoms with Gasteiger partial charge in [0, 0.05) is 39.5 Å². The summed E-state index contributed by atoms with van der Waals surface area (Å²) in [4.78, 5) is 12.5. The Morgan fingerprint density at radius 1 is 0.714 bits per heavy atom. The highest BCUT2D eigenvalue weighted by molar-refractivity contribution is 6.12. The van der Waals surface area contributed by atoms with Gasteiger partial charge in [0.25, 0.3) is 0 Å². The minimum Gasteiger partial charge on any atom is -0.353 e. The van der Waals surface area contributed by atoms with Crippen molar-refractivity contribution in [3.05, 3.63) is 60.9 Å². The molecule has 0 fully saturated rings. The third kappa shape index (κ3) is 1.43. The second kappa shape index (κ2) is 3.79. The van der Waals surface area contributed by atoms with Crippen molar-refractivity contribution in [2.75, 3.05) is 0 Å². The van der Waals surface area contributed by atoms with Crippen LogP contribution in [0.15, 0.2) is 60.9 Å². The van der Waals surface area contributed by atoms with E-state index in [-0.39, 0.29) is 0 Å². The smallest absolute Gasteiger partial charge is 0.0942 e. The predicted octanol–water partition coefficient (Wildman–Crippen LogP) is 4.42. The minimum absolute atomic E-state index is 1.01. The number of hydrogen-bond donors (Lipinski definition) is 1. The fourth-order valence-electron chi connectivity index (χ4n) is 3.05. The van der Waals surface area contributed by atoms with Gasteiger partial charge in [0.05, 0.1) is 16.6 Å². The Balaban J connectivity index is 2.04. The molecule has 98 valence electrons. The Hall–Kier alpha value is -2.94. The van der Waals surface area contributed by atoms with Crippen molar-refractivity contribution < 1.29 is 0 Å². The minimum atomic E-state index is 1.01. The lowest BCUT2D eigenvalue weighted by Gasteiger charge is -2.07. The molecule has 0 aliphatic rings. The number of hydrogen-bond acceptors (Lipinski definition) is 2. The first kappa shape index (κ1) is 10.8. The highest BCUT2D eigenvalue weighted by atomic mass is 14.8. The number of aromatic amines is 1. The van der Waals surface area contributed by atoms with Gasteiger partial charge in [-0.15, -0.1) is 0 Å². The van der Waals surface area contributed by atoms with Crippen LogP contribution in [0.2, 0.25) is 0 Å². The molecule has 0 saturated carbocycles. The van der Waals surface area contributed by atoms with Crippen LogP contribution < -0.4 is 0 Å². The molecule has 3 aromatic heterocycles. The van der Waals surface area contributed by atoms with E-state index < -0.39 is 0 Å². The number of nitrogens with one attached hydrogen (secondary N) is 1. The zero-order valence-corrected chi connectivity index (χ0v) is 11.2. The number of fused-ring (bicyclic) bond motifs is 6. The van der Waals surface area contributed by atoms with Gasteiger partial charge in [0.15, 0.2) is 0 Å². The number of benzene rings is 2. The summed E-state index contributed by atoms with van der Waals surface area (Å²) in [6, 6.07) is 16.8. The Kier molecular flexibility index (Phi) is 1.95. The van der Waals surface area contributed by atoms with Crippen LogP contribution in [0.5, 0.6) is 0 Å². The Morgan fingerprint density at radius 3 is 2.52 bits per heavy atom. The molecular weight excluding hydrogens is 258 g/mol. The zero-order chi connectivity index (χ0) is 13.8. The van der Waals surface area contributed by atoms with E-state index in [0.29, 0.717) is 0 Å². The summed E-state index contributed by atoms with van der Waals surface area (Å²) < 4.78 is 0. The van der Waals surface area contributed by atoms with Crippen molar-refractivity contribution in [3.8, 4) is 0 Å². The third-order valence-corrected chi connectivity index (χ3v) is 4.07. The summed E-state index contributed by atoms with van der Waals surface area (Å²) in [6.45, 7) is 0. The lowest BCUT2D eigenvalue weighted by molar-refractivity contribution is 1.40. The second-order valence-electron chi connectivity index (χ2n) is 5.28. The van der Waals surface area contributed by atoms with Gasteiger partial charge >= 0.3 is 0 Å². The van der Waals surface area contributed by atoms with Crippen LogP contribution in [-0.4, -0.2) is 15.0 Å². The van der Waals surface area contributed by atoms with E-state index in [1.54, 1.807) is 0 Å². The molecule has 5 aromatic rings. The molecule has 3 heteroatoms. The Morgan fingerprint density at radius 2 is 1.52 bits per heavy atom. The Bertz CT molecular complexity index is 1140. The summed E-state index contributed by atoms with van der Waals surface area (Å²) in [6.07, 6.45) is 3.69. The number of H-pyrrole nitrogens is 1. The van der Waals surface area contributed by atoms with E-state index in [9.17, 15) is 0 Å². The zero-order valence-electron chi connectivity index (χ0n) is 11.2. The van der Waals surface area contributed by atoms with Gasteiger partial charge in [0.2, 0.25) is 0 Å². The summed E-state index contributed by atoms with van der Waals surface area (Å²) in [5, 5.41) is 4.63. The molecule has 0 amide bonds. The van der Waals surface area contributed by atoms with Crippen molar-refractivity contribution in [1.29, 1.82) is 0 Å².